The summed E-state index contributed by atoms with van der Waals surface area (Å²) in [6.07, 6.45) is 0.889. The van der Waals surface area contributed by atoms with Crippen molar-refractivity contribution in [3.8, 4) is 11.4 Å². The number of carbonyl (C=O) groups is 2. The van der Waals surface area contributed by atoms with Gasteiger partial charge in [0.25, 0.3) is 5.91 Å². The van der Waals surface area contributed by atoms with Gasteiger partial charge in [0, 0.05) is 23.7 Å². The number of carbonyl (C=O) groups excluding carboxylic acids is 2. The molecule has 0 aliphatic heterocycles. The average Bonchev–Trinajstić information content (AvgIpc) is 3.12. The van der Waals surface area contributed by atoms with Gasteiger partial charge >= 0.3 is 0 Å². The van der Waals surface area contributed by atoms with Gasteiger partial charge in [-0.15, -0.1) is 0 Å². The first-order valence-electron chi connectivity index (χ1n) is 8.63. The van der Waals surface area contributed by atoms with Crippen LogP contribution in [0.15, 0.2) is 53.1 Å². The third kappa shape index (κ3) is 4.78. The summed E-state index contributed by atoms with van der Waals surface area (Å²) in [7, 11) is 0. The van der Waals surface area contributed by atoms with E-state index < -0.39 is 0 Å². The van der Waals surface area contributed by atoms with E-state index in [-0.39, 0.29) is 18.4 Å². The second-order valence-electron chi connectivity index (χ2n) is 6.00. The van der Waals surface area contributed by atoms with Crippen molar-refractivity contribution in [2.75, 3.05) is 11.9 Å². The van der Waals surface area contributed by atoms with Gasteiger partial charge in [-0.3, -0.25) is 9.59 Å². The van der Waals surface area contributed by atoms with Crippen LogP contribution in [0.1, 0.15) is 28.7 Å². The lowest BCUT2D eigenvalue weighted by Gasteiger charge is -2.08. The van der Waals surface area contributed by atoms with Crippen LogP contribution < -0.4 is 10.6 Å². The molecule has 0 radical (unpaired) electrons. The smallest absolute Gasteiger partial charge is 0.251 e. The summed E-state index contributed by atoms with van der Waals surface area (Å²) >= 11 is 0. The summed E-state index contributed by atoms with van der Waals surface area (Å²) in [5.74, 6) is 0.328. The summed E-state index contributed by atoms with van der Waals surface area (Å²) in [5.41, 5.74) is 3.04. The molecule has 3 rings (SSSR count). The van der Waals surface area contributed by atoms with E-state index in [1.807, 2.05) is 31.2 Å². The third-order valence-electron chi connectivity index (χ3n) is 3.96. The van der Waals surface area contributed by atoms with E-state index in [1.165, 1.54) is 0 Å². The van der Waals surface area contributed by atoms with Crippen molar-refractivity contribution in [3.05, 3.63) is 65.5 Å². The zero-order valence-corrected chi connectivity index (χ0v) is 15.2. The number of nitrogens with zero attached hydrogens (tertiary/aromatic N) is 2. The Labute approximate surface area is 156 Å². The Hall–Kier alpha value is -3.48. The Morgan fingerprint density at radius 1 is 1.11 bits per heavy atom. The molecule has 0 aliphatic carbocycles. The van der Waals surface area contributed by atoms with Gasteiger partial charge < -0.3 is 15.2 Å². The summed E-state index contributed by atoms with van der Waals surface area (Å²) in [5, 5.41) is 9.22. The van der Waals surface area contributed by atoms with Crippen molar-refractivity contribution in [2.45, 2.75) is 20.3 Å². The van der Waals surface area contributed by atoms with E-state index >= 15 is 0 Å². The molecule has 0 aliphatic rings. The molecule has 2 amide bonds. The van der Waals surface area contributed by atoms with Gasteiger partial charge in [-0.05, 0) is 36.2 Å². The van der Waals surface area contributed by atoms with Gasteiger partial charge in [0.1, 0.15) is 0 Å². The fraction of sp³-hybridized carbons (Fsp3) is 0.200. The molecule has 27 heavy (non-hydrogen) atoms. The summed E-state index contributed by atoms with van der Waals surface area (Å²) in [6, 6.07) is 14.4. The lowest BCUT2D eigenvalue weighted by molar-refractivity contribution is -0.115. The predicted octanol–water partition coefficient (Wildman–Crippen LogP) is 2.98. The molecular formula is C20H20N4O3. The largest absolute Gasteiger partial charge is 0.343 e. The fourth-order valence-corrected chi connectivity index (χ4v) is 2.52. The highest BCUT2D eigenvalue weighted by Gasteiger charge is 2.10. The van der Waals surface area contributed by atoms with Crippen LogP contribution in [0.3, 0.4) is 0 Å². The number of aromatic nitrogens is 2. The number of hydrogen-bond donors (Lipinski definition) is 2. The molecule has 0 spiro atoms. The summed E-state index contributed by atoms with van der Waals surface area (Å²) in [4.78, 5) is 28.4. The first-order chi connectivity index (χ1) is 13.0. The van der Waals surface area contributed by atoms with Gasteiger partial charge in [0.15, 0.2) is 0 Å². The zero-order chi connectivity index (χ0) is 19.2. The standard InChI is InChI=1S/C20H20N4O3/c1-3-14-5-4-6-17(11-14)23-18(25)12-21-20(26)16-9-7-15(8-10-16)19-22-13(2)27-24-19/h4-11H,3,12H2,1-2H3,(H,21,26)(H,23,25). The second-order valence-corrected chi connectivity index (χ2v) is 6.00. The summed E-state index contributed by atoms with van der Waals surface area (Å²) in [6.45, 7) is 3.65. The molecule has 7 heteroatoms. The van der Waals surface area contributed by atoms with Crippen molar-refractivity contribution in [2.24, 2.45) is 0 Å². The Balaban J connectivity index is 1.54. The molecule has 1 heterocycles. The van der Waals surface area contributed by atoms with Crippen LogP contribution >= 0.6 is 0 Å². The van der Waals surface area contributed by atoms with Crippen LogP contribution in [0, 0.1) is 6.92 Å². The maximum Gasteiger partial charge on any atom is 0.251 e. The van der Waals surface area contributed by atoms with Crippen LogP contribution in [0.2, 0.25) is 0 Å². The van der Waals surface area contributed by atoms with E-state index in [1.54, 1.807) is 31.2 Å². The van der Waals surface area contributed by atoms with Crippen molar-refractivity contribution in [3.63, 3.8) is 0 Å². The van der Waals surface area contributed by atoms with E-state index in [9.17, 15) is 9.59 Å². The first-order valence-corrected chi connectivity index (χ1v) is 8.63. The molecular weight excluding hydrogens is 344 g/mol. The Bertz CT molecular complexity index is 948. The van der Waals surface area contributed by atoms with Crippen LogP contribution in [0.4, 0.5) is 5.69 Å². The zero-order valence-electron chi connectivity index (χ0n) is 15.2. The van der Waals surface area contributed by atoms with Crippen LogP contribution in [-0.4, -0.2) is 28.5 Å². The number of anilines is 1. The molecule has 1 aromatic heterocycles. The SMILES string of the molecule is CCc1cccc(NC(=O)CNC(=O)c2ccc(-c3noc(C)n3)cc2)c1. The normalized spacial score (nSPS) is 10.4. The van der Waals surface area contributed by atoms with Gasteiger partial charge in [-0.1, -0.05) is 36.3 Å². The van der Waals surface area contributed by atoms with E-state index in [4.69, 9.17) is 4.52 Å². The molecule has 0 bridgehead atoms. The second kappa shape index (κ2) is 8.27. The molecule has 7 nitrogen and oxygen atoms in total. The lowest BCUT2D eigenvalue weighted by atomic mass is 10.1. The Morgan fingerprint density at radius 2 is 1.89 bits per heavy atom. The molecule has 3 aromatic rings. The molecule has 2 aromatic carbocycles. The van der Waals surface area contributed by atoms with Crippen molar-refractivity contribution >= 4 is 17.5 Å². The van der Waals surface area contributed by atoms with Crippen molar-refractivity contribution in [1.82, 2.24) is 15.5 Å². The van der Waals surface area contributed by atoms with Crippen LogP contribution in [0.25, 0.3) is 11.4 Å². The lowest BCUT2D eigenvalue weighted by Crippen LogP contribution is -2.32. The topological polar surface area (TPSA) is 97.1 Å². The maximum atomic E-state index is 12.2. The first kappa shape index (κ1) is 18.3. The predicted molar refractivity (Wildman–Crippen MR) is 101 cm³/mol. The van der Waals surface area contributed by atoms with Gasteiger partial charge in [-0.25, -0.2) is 0 Å². The molecule has 0 saturated carbocycles. The van der Waals surface area contributed by atoms with Crippen molar-refractivity contribution < 1.29 is 14.1 Å². The van der Waals surface area contributed by atoms with E-state index in [0.717, 1.165) is 17.5 Å². The molecule has 0 atom stereocenters. The minimum absolute atomic E-state index is 0.110. The maximum absolute atomic E-state index is 12.2. The Kier molecular flexibility index (Phi) is 5.61. The highest BCUT2D eigenvalue weighted by Crippen LogP contribution is 2.16. The van der Waals surface area contributed by atoms with Gasteiger partial charge in [0.05, 0.1) is 6.54 Å². The highest BCUT2D eigenvalue weighted by atomic mass is 16.5. The number of nitrogens with one attached hydrogen (secondary N) is 2. The highest BCUT2D eigenvalue weighted by molar-refractivity contribution is 5.99. The van der Waals surface area contributed by atoms with Gasteiger partial charge in [-0.2, -0.15) is 4.98 Å². The number of benzene rings is 2. The van der Waals surface area contributed by atoms with Crippen molar-refractivity contribution in [1.29, 1.82) is 0 Å². The quantitative estimate of drug-likeness (QED) is 0.701. The number of amides is 2. The monoisotopic (exact) mass is 364 g/mol. The summed E-state index contributed by atoms with van der Waals surface area (Å²) < 4.78 is 4.94. The van der Waals surface area contributed by atoms with Crippen LogP contribution in [-0.2, 0) is 11.2 Å². The minimum Gasteiger partial charge on any atom is -0.343 e. The molecule has 138 valence electrons. The molecule has 0 fully saturated rings. The number of aryl methyl sites for hydroxylation is 2. The molecule has 0 unspecified atom stereocenters. The van der Waals surface area contributed by atoms with E-state index in [2.05, 4.69) is 20.8 Å². The minimum atomic E-state index is -0.330. The van der Waals surface area contributed by atoms with Crippen LogP contribution in [0.5, 0.6) is 0 Å². The number of rotatable bonds is 6. The third-order valence-corrected chi connectivity index (χ3v) is 3.96. The fourth-order valence-electron chi connectivity index (χ4n) is 2.52. The average molecular weight is 364 g/mol. The van der Waals surface area contributed by atoms with E-state index in [0.29, 0.717) is 23.0 Å². The number of hydrogen-bond acceptors (Lipinski definition) is 5. The molecule has 0 saturated heterocycles. The molecule has 2 N–H and O–H groups in total. The van der Waals surface area contributed by atoms with Gasteiger partial charge in [0.2, 0.25) is 17.6 Å². The Morgan fingerprint density at radius 3 is 2.56 bits per heavy atom.